The third-order valence-corrected chi connectivity index (χ3v) is 3.19. The molecule has 5 heteroatoms. The van der Waals surface area contributed by atoms with Crippen molar-refractivity contribution in [3.63, 3.8) is 0 Å². The first-order chi connectivity index (χ1) is 8.74. The van der Waals surface area contributed by atoms with E-state index in [0.29, 0.717) is 11.4 Å². The Morgan fingerprint density at radius 2 is 2.06 bits per heavy atom. The molecule has 0 saturated heterocycles. The number of nitrogens with one attached hydrogen (secondary N) is 1. The van der Waals surface area contributed by atoms with Crippen LogP contribution < -0.4 is 11.1 Å². The predicted molar refractivity (Wildman–Crippen MR) is 74.4 cm³/mol. The van der Waals surface area contributed by atoms with Gasteiger partial charge >= 0.3 is 0 Å². The topological polar surface area (TPSA) is 68.0 Å². The summed E-state index contributed by atoms with van der Waals surface area (Å²) in [6, 6.07) is 11.0. The van der Waals surface area contributed by atoms with Gasteiger partial charge < -0.3 is 11.1 Å². The Bertz CT molecular complexity index is 531. The number of anilines is 2. The standard InChI is InChI=1S/C13H13N3OS/c14-10-2-1-3-12(8-10)18-9-13(17)16-11-4-6-15-7-5-11/h1-8H,9,14H2,(H,15,16,17). The second kappa shape index (κ2) is 6.07. The minimum absolute atomic E-state index is 0.0476. The van der Waals surface area contributed by atoms with Gasteiger partial charge in [-0.3, -0.25) is 9.78 Å². The minimum Gasteiger partial charge on any atom is -0.399 e. The van der Waals surface area contributed by atoms with Crippen molar-refractivity contribution < 1.29 is 4.79 Å². The molecule has 1 aromatic heterocycles. The van der Waals surface area contributed by atoms with Crippen LogP contribution >= 0.6 is 11.8 Å². The van der Waals surface area contributed by atoms with Gasteiger partial charge in [-0.25, -0.2) is 0 Å². The summed E-state index contributed by atoms with van der Waals surface area (Å²) >= 11 is 1.45. The minimum atomic E-state index is -0.0476. The monoisotopic (exact) mass is 259 g/mol. The zero-order chi connectivity index (χ0) is 12.8. The lowest BCUT2D eigenvalue weighted by Gasteiger charge is -2.05. The van der Waals surface area contributed by atoms with Gasteiger partial charge in [-0.1, -0.05) is 6.07 Å². The molecule has 0 bridgehead atoms. The predicted octanol–water partition coefficient (Wildman–Crippen LogP) is 2.39. The van der Waals surface area contributed by atoms with Crippen molar-refractivity contribution >= 4 is 29.0 Å². The normalized spacial score (nSPS) is 10.0. The zero-order valence-corrected chi connectivity index (χ0v) is 10.5. The molecular weight excluding hydrogens is 246 g/mol. The highest BCUT2D eigenvalue weighted by atomic mass is 32.2. The molecule has 0 unspecified atom stereocenters. The fourth-order valence-electron chi connectivity index (χ4n) is 1.39. The number of nitrogens with zero attached hydrogens (tertiary/aromatic N) is 1. The summed E-state index contributed by atoms with van der Waals surface area (Å²) in [5.41, 5.74) is 7.12. The van der Waals surface area contributed by atoms with E-state index >= 15 is 0 Å². The SMILES string of the molecule is Nc1cccc(SCC(=O)Nc2ccncc2)c1. The smallest absolute Gasteiger partial charge is 0.234 e. The van der Waals surface area contributed by atoms with Crippen LogP contribution in [0.2, 0.25) is 0 Å². The Balaban J connectivity index is 1.85. The molecule has 92 valence electrons. The fourth-order valence-corrected chi connectivity index (χ4v) is 2.15. The van der Waals surface area contributed by atoms with Crippen molar-refractivity contribution in [2.24, 2.45) is 0 Å². The molecule has 0 spiro atoms. The van der Waals surface area contributed by atoms with Crippen LogP contribution in [0.1, 0.15) is 0 Å². The lowest BCUT2D eigenvalue weighted by Crippen LogP contribution is -2.13. The number of nitrogen functional groups attached to an aromatic ring is 1. The number of thioether (sulfide) groups is 1. The van der Waals surface area contributed by atoms with Gasteiger partial charge in [-0.2, -0.15) is 0 Å². The Morgan fingerprint density at radius 3 is 2.78 bits per heavy atom. The van der Waals surface area contributed by atoms with E-state index in [1.807, 2.05) is 24.3 Å². The molecule has 1 heterocycles. The number of benzene rings is 1. The van der Waals surface area contributed by atoms with Crippen LogP contribution in [-0.2, 0) is 4.79 Å². The molecule has 2 aromatic rings. The van der Waals surface area contributed by atoms with E-state index in [1.165, 1.54) is 11.8 Å². The number of carbonyl (C=O) groups is 1. The molecule has 0 fully saturated rings. The van der Waals surface area contributed by atoms with E-state index in [-0.39, 0.29) is 5.91 Å². The van der Waals surface area contributed by atoms with Gasteiger partial charge in [0.2, 0.25) is 5.91 Å². The van der Waals surface area contributed by atoms with E-state index in [4.69, 9.17) is 5.73 Å². The molecule has 1 aromatic carbocycles. The van der Waals surface area contributed by atoms with Crippen LogP contribution in [0.3, 0.4) is 0 Å². The van der Waals surface area contributed by atoms with Crippen molar-refractivity contribution in [3.05, 3.63) is 48.8 Å². The number of carbonyl (C=O) groups excluding carboxylic acids is 1. The van der Waals surface area contributed by atoms with E-state index in [9.17, 15) is 4.79 Å². The summed E-state index contributed by atoms with van der Waals surface area (Å²) in [5, 5.41) is 2.80. The average molecular weight is 259 g/mol. The van der Waals surface area contributed by atoms with E-state index < -0.39 is 0 Å². The number of hydrogen-bond donors (Lipinski definition) is 2. The van der Waals surface area contributed by atoms with Crippen molar-refractivity contribution in [3.8, 4) is 0 Å². The highest BCUT2D eigenvalue weighted by Gasteiger charge is 2.03. The van der Waals surface area contributed by atoms with E-state index in [1.54, 1.807) is 24.5 Å². The van der Waals surface area contributed by atoms with E-state index in [2.05, 4.69) is 10.3 Å². The molecule has 1 amide bonds. The van der Waals surface area contributed by atoms with Crippen LogP contribution in [0.25, 0.3) is 0 Å². The lowest BCUT2D eigenvalue weighted by atomic mass is 10.3. The maximum absolute atomic E-state index is 11.7. The number of pyridine rings is 1. The number of nitrogens with two attached hydrogens (primary N) is 1. The zero-order valence-electron chi connectivity index (χ0n) is 9.67. The number of amides is 1. The maximum atomic E-state index is 11.7. The summed E-state index contributed by atoms with van der Waals surface area (Å²) in [5.74, 6) is 0.305. The van der Waals surface area contributed by atoms with Crippen molar-refractivity contribution in [2.75, 3.05) is 16.8 Å². The highest BCUT2D eigenvalue weighted by Crippen LogP contribution is 2.20. The summed E-state index contributed by atoms with van der Waals surface area (Å²) in [6.07, 6.45) is 3.28. The highest BCUT2D eigenvalue weighted by molar-refractivity contribution is 8.00. The van der Waals surface area contributed by atoms with Gasteiger partial charge in [0, 0.05) is 28.7 Å². The molecule has 18 heavy (non-hydrogen) atoms. The molecule has 0 radical (unpaired) electrons. The summed E-state index contributed by atoms with van der Waals surface area (Å²) in [7, 11) is 0. The van der Waals surface area contributed by atoms with Gasteiger partial charge in [0.1, 0.15) is 0 Å². The number of rotatable bonds is 4. The molecule has 2 rings (SSSR count). The van der Waals surface area contributed by atoms with Gasteiger partial charge in [-0.15, -0.1) is 11.8 Å². The largest absolute Gasteiger partial charge is 0.399 e. The second-order valence-corrected chi connectivity index (χ2v) is 4.69. The number of aromatic nitrogens is 1. The molecule has 4 nitrogen and oxygen atoms in total. The molecule has 0 aliphatic heterocycles. The van der Waals surface area contributed by atoms with E-state index in [0.717, 1.165) is 10.6 Å². The second-order valence-electron chi connectivity index (χ2n) is 3.65. The van der Waals surface area contributed by atoms with Crippen LogP contribution in [0.15, 0.2) is 53.7 Å². The third kappa shape index (κ3) is 3.78. The molecule has 3 N–H and O–H groups in total. The molecular formula is C13H13N3OS. The molecule has 0 saturated carbocycles. The van der Waals surface area contributed by atoms with Gasteiger partial charge in [-0.05, 0) is 30.3 Å². The fraction of sp³-hybridized carbons (Fsp3) is 0.0769. The van der Waals surface area contributed by atoms with Crippen molar-refractivity contribution in [1.82, 2.24) is 4.98 Å². The molecule has 0 aliphatic carbocycles. The lowest BCUT2D eigenvalue weighted by molar-refractivity contribution is -0.113. The van der Waals surface area contributed by atoms with Crippen LogP contribution in [0.4, 0.5) is 11.4 Å². The van der Waals surface area contributed by atoms with Crippen LogP contribution in [0.5, 0.6) is 0 Å². The quantitative estimate of drug-likeness (QED) is 0.653. The number of hydrogen-bond acceptors (Lipinski definition) is 4. The summed E-state index contributed by atoms with van der Waals surface area (Å²) in [4.78, 5) is 16.6. The summed E-state index contributed by atoms with van der Waals surface area (Å²) < 4.78 is 0. The van der Waals surface area contributed by atoms with Crippen molar-refractivity contribution in [1.29, 1.82) is 0 Å². The van der Waals surface area contributed by atoms with Crippen LogP contribution in [0, 0.1) is 0 Å². The summed E-state index contributed by atoms with van der Waals surface area (Å²) in [6.45, 7) is 0. The Hall–Kier alpha value is -2.01. The van der Waals surface area contributed by atoms with Gasteiger partial charge in [0.25, 0.3) is 0 Å². The average Bonchev–Trinajstić information content (AvgIpc) is 2.38. The maximum Gasteiger partial charge on any atom is 0.234 e. The van der Waals surface area contributed by atoms with Gasteiger partial charge in [0.15, 0.2) is 0 Å². The first kappa shape index (κ1) is 12.4. The molecule has 0 atom stereocenters. The molecule has 0 aliphatic rings. The Labute approximate surface area is 110 Å². The third-order valence-electron chi connectivity index (χ3n) is 2.19. The van der Waals surface area contributed by atoms with Gasteiger partial charge in [0.05, 0.1) is 5.75 Å². The first-order valence-corrected chi connectivity index (χ1v) is 6.41. The van der Waals surface area contributed by atoms with Crippen LogP contribution in [-0.4, -0.2) is 16.6 Å². The first-order valence-electron chi connectivity index (χ1n) is 5.42. The van der Waals surface area contributed by atoms with Crippen molar-refractivity contribution in [2.45, 2.75) is 4.90 Å². The Kier molecular flexibility index (Phi) is 4.20. The Morgan fingerprint density at radius 1 is 1.28 bits per heavy atom.